The maximum Gasteiger partial charge on any atom is 0.255 e. The van der Waals surface area contributed by atoms with E-state index in [1.165, 1.54) is 0 Å². The number of hydrogen-bond acceptors (Lipinski definition) is 3. The van der Waals surface area contributed by atoms with Crippen LogP contribution in [0.3, 0.4) is 0 Å². The highest BCUT2D eigenvalue weighted by molar-refractivity contribution is 7.08. The molecule has 0 saturated heterocycles. The van der Waals surface area contributed by atoms with Crippen LogP contribution in [0.2, 0.25) is 0 Å². The molecule has 21 heavy (non-hydrogen) atoms. The predicted octanol–water partition coefficient (Wildman–Crippen LogP) is 2.64. The first-order valence-electron chi connectivity index (χ1n) is 6.68. The van der Waals surface area contributed by atoms with E-state index < -0.39 is 0 Å². The molecule has 0 aliphatic rings. The van der Waals surface area contributed by atoms with Crippen molar-refractivity contribution < 1.29 is 4.79 Å². The van der Waals surface area contributed by atoms with Crippen LogP contribution in [0, 0.1) is 18.8 Å². The molecule has 108 valence electrons. The molecule has 1 amide bonds. The molecular weight excluding hydrogens is 280 g/mol. The summed E-state index contributed by atoms with van der Waals surface area (Å²) in [6.07, 6.45) is 0. The zero-order chi connectivity index (χ0) is 15.2. The minimum absolute atomic E-state index is 0.0483. The summed E-state index contributed by atoms with van der Waals surface area (Å²) < 4.78 is 0. The van der Waals surface area contributed by atoms with E-state index >= 15 is 0 Å². The molecule has 1 aromatic heterocycles. The van der Waals surface area contributed by atoms with Gasteiger partial charge in [0.1, 0.15) is 0 Å². The molecule has 0 aliphatic heterocycles. The van der Waals surface area contributed by atoms with Gasteiger partial charge in [0.15, 0.2) is 0 Å². The number of hydrogen-bond donors (Lipinski definition) is 1. The first kappa shape index (κ1) is 15.3. The van der Waals surface area contributed by atoms with Gasteiger partial charge in [-0.05, 0) is 35.6 Å². The second-order valence-corrected chi connectivity index (χ2v) is 5.58. The van der Waals surface area contributed by atoms with Gasteiger partial charge in [-0.2, -0.15) is 11.3 Å². The van der Waals surface area contributed by atoms with Gasteiger partial charge < -0.3 is 10.6 Å². The largest absolute Gasteiger partial charge is 0.337 e. The molecule has 2 rings (SSSR count). The lowest BCUT2D eigenvalue weighted by Gasteiger charge is -2.17. The van der Waals surface area contributed by atoms with E-state index in [1.807, 2.05) is 49.0 Å². The fourth-order valence-corrected chi connectivity index (χ4v) is 2.85. The summed E-state index contributed by atoms with van der Waals surface area (Å²) in [5.74, 6) is 5.89. The molecule has 4 heteroatoms. The van der Waals surface area contributed by atoms with Gasteiger partial charge >= 0.3 is 0 Å². The van der Waals surface area contributed by atoms with Gasteiger partial charge in [0.05, 0.1) is 12.1 Å². The number of amides is 1. The van der Waals surface area contributed by atoms with Crippen molar-refractivity contribution in [3.8, 4) is 11.8 Å². The van der Waals surface area contributed by atoms with E-state index in [2.05, 4.69) is 11.8 Å². The molecule has 0 unspecified atom stereocenters. The van der Waals surface area contributed by atoms with E-state index in [0.29, 0.717) is 13.1 Å². The zero-order valence-corrected chi connectivity index (χ0v) is 13.0. The van der Waals surface area contributed by atoms with Crippen molar-refractivity contribution >= 4 is 17.2 Å². The van der Waals surface area contributed by atoms with Crippen LogP contribution in [0.1, 0.15) is 27.0 Å². The number of carbonyl (C=O) groups excluding carboxylic acids is 1. The third kappa shape index (κ3) is 3.94. The predicted molar refractivity (Wildman–Crippen MR) is 87.2 cm³/mol. The lowest BCUT2D eigenvalue weighted by atomic mass is 10.1. The molecule has 0 radical (unpaired) electrons. The number of nitrogens with two attached hydrogens (primary N) is 1. The first-order chi connectivity index (χ1) is 10.1. The van der Waals surface area contributed by atoms with Crippen molar-refractivity contribution in [2.45, 2.75) is 13.5 Å². The molecule has 0 saturated carbocycles. The maximum absolute atomic E-state index is 12.4. The van der Waals surface area contributed by atoms with Crippen LogP contribution in [-0.2, 0) is 6.54 Å². The van der Waals surface area contributed by atoms with E-state index in [1.54, 1.807) is 16.2 Å². The minimum Gasteiger partial charge on any atom is -0.337 e. The van der Waals surface area contributed by atoms with Crippen LogP contribution >= 0.6 is 11.3 Å². The summed E-state index contributed by atoms with van der Waals surface area (Å²) in [6.45, 7) is 2.87. The smallest absolute Gasteiger partial charge is 0.255 e. The highest BCUT2D eigenvalue weighted by atomic mass is 32.1. The number of aryl methyl sites for hydroxylation is 1. The third-order valence-electron chi connectivity index (χ3n) is 3.11. The third-order valence-corrected chi connectivity index (χ3v) is 3.98. The highest BCUT2D eigenvalue weighted by Crippen LogP contribution is 2.17. The Hall–Kier alpha value is -2.09. The quantitative estimate of drug-likeness (QED) is 0.886. The van der Waals surface area contributed by atoms with Gasteiger partial charge in [0.25, 0.3) is 5.91 Å². The summed E-state index contributed by atoms with van der Waals surface area (Å²) >= 11 is 1.55. The number of rotatable bonds is 3. The monoisotopic (exact) mass is 298 g/mol. The van der Waals surface area contributed by atoms with Gasteiger partial charge in [-0.3, -0.25) is 4.79 Å². The molecule has 0 fully saturated rings. The van der Waals surface area contributed by atoms with Gasteiger partial charge in [-0.25, -0.2) is 0 Å². The molecular formula is C17H18N2OS. The highest BCUT2D eigenvalue weighted by Gasteiger charge is 2.14. The summed E-state index contributed by atoms with van der Waals surface area (Å²) in [5.41, 5.74) is 9.16. The van der Waals surface area contributed by atoms with Gasteiger partial charge in [0, 0.05) is 24.5 Å². The van der Waals surface area contributed by atoms with Crippen molar-refractivity contribution in [3.63, 3.8) is 0 Å². The Labute approximate surface area is 129 Å². The average Bonchev–Trinajstić information content (AvgIpc) is 2.90. The Kier molecular flexibility index (Phi) is 5.15. The summed E-state index contributed by atoms with van der Waals surface area (Å²) in [5, 5.41) is 3.89. The van der Waals surface area contributed by atoms with Gasteiger partial charge in [-0.1, -0.05) is 24.0 Å². The molecule has 3 nitrogen and oxygen atoms in total. The molecule has 0 bridgehead atoms. The van der Waals surface area contributed by atoms with Gasteiger partial charge in [0.2, 0.25) is 0 Å². The van der Waals surface area contributed by atoms with Crippen molar-refractivity contribution in [2.24, 2.45) is 5.73 Å². The molecule has 0 aliphatic carbocycles. The Bertz CT molecular complexity index is 694. The van der Waals surface area contributed by atoms with Crippen molar-refractivity contribution in [2.75, 3.05) is 13.6 Å². The zero-order valence-electron chi connectivity index (χ0n) is 12.2. The lowest BCUT2D eigenvalue weighted by Crippen LogP contribution is -2.26. The topological polar surface area (TPSA) is 46.3 Å². The Morgan fingerprint density at radius 1 is 1.38 bits per heavy atom. The first-order valence-corrected chi connectivity index (χ1v) is 7.62. The molecule has 1 heterocycles. The van der Waals surface area contributed by atoms with Crippen molar-refractivity contribution in [1.29, 1.82) is 0 Å². The van der Waals surface area contributed by atoms with Crippen LogP contribution in [-0.4, -0.2) is 24.4 Å². The van der Waals surface area contributed by atoms with E-state index in [-0.39, 0.29) is 5.91 Å². The average molecular weight is 298 g/mol. The van der Waals surface area contributed by atoms with Crippen LogP contribution < -0.4 is 5.73 Å². The molecule has 1 aromatic carbocycles. The van der Waals surface area contributed by atoms with Crippen LogP contribution in [0.4, 0.5) is 0 Å². The van der Waals surface area contributed by atoms with Gasteiger partial charge in [-0.15, -0.1) is 0 Å². The Morgan fingerprint density at radius 2 is 2.19 bits per heavy atom. The minimum atomic E-state index is 0.0483. The van der Waals surface area contributed by atoms with Crippen molar-refractivity contribution in [1.82, 2.24) is 4.90 Å². The Balaban J connectivity index is 2.11. The number of thiophene rings is 1. The summed E-state index contributed by atoms with van der Waals surface area (Å²) in [7, 11) is 1.82. The maximum atomic E-state index is 12.4. The van der Waals surface area contributed by atoms with Crippen LogP contribution in [0.15, 0.2) is 35.0 Å². The number of nitrogens with zero attached hydrogens (tertiary/aromatic N) is 1. The summed E-state index contributed by atoms with van der Waals surface area (Å²) in [4.78, 5) is 14.1. The SMILES string of the molecule is Cc1cscc1C(=O)N(C)Cc1cccc(C#CCN)c1. The molecule has 0 spiro atoms. The normalized spacial score (nSPS) is 9.86. The second kappa shape index (κ2) is 7.07. The molecule has 2 N–H and O–H groups in total. The van der Waals surface area contributed by atoms with E-state index in [4.69, 9.17) is 5.73 Å². The van der Waals surface area contributed by atoms with Crippen LogP contribution in [0.5, 0.6) is 0 Å². The van der Waals surface area contributed by atoms with E-state index in [0.717, 1.165) is 22.3 Å². The standard InChI is InChI=1S/C17H18N2OS/c1-13-11-21-12-16(13)17(20)19(2)10-15-6-3-5-14(9-15)7-4-8-18/h3,5-6,9,11-12H,8,10,18H2,1-2H3. The van der Waals surface area contributed by atoms with E-state index in [9.17, 15) is 4.79 Å². The Morgan fingerprint density at radius 3 is 2.86 bits per heavy atom. The molecule has 0 atom stereocenters. The second-order valence-electron chi connectivity index (χ2n) is 4.84. The van der Waals surface area contributed by atoms with Crippen molar-refractivity contribution in [3.05, 3.63) is 57.3 Å². The lowest BCUT2D eigenvalue weighted by molar-refractivity contribution is 0.0785. The number of benzene rings is 1. The fourth-order valence-electron chi connectivity index (χ4n) is 2.03. The molecule has 2 aromatic rings. The summed E-state index contributed by atoms with van der Waals surface area (Å²) in [6, 6.07) is 7.88. The fraction of sp³-hybridized carbons (Fsp3) is 0.235. The van der Waals surface area contributed by atoms with Crippen LogP contribution in [0.25, 0.3) is 0 Å². The number of carbonyl (C=O) groups is 1.